The van der Waals surface area contributed by atoms with Gasteiger partial charge in [-0.1, -0.05) is 30.3 Å². The number of benzene rings is 1. The lowest BCUT2D eigenvalue weighted by molar-refractivity contribution is 0.0619. The van der Waals surface area contributed by atoms with Gasteiger partial charge in [-0.3, -0.25) is 14.8 Å². The van der Waals surface area contributed by atoms with Crippen LogP contribution in [0.5, 0.6) is 0 Å². The highest BCUT2D eigenvalue weighted by atomic mass is 35.5. The third kappa shape index (κ3) is 5.36. The number of rotatable bonds is 6. The van der Waals surface area contributed by atoms with E-state index in [0.717, 1.165) is 76.6 Å². The Kier molecular flexibility index (Phi) is 7.66. The van der Waals surface area contributed by atoms with Crippen molar-refractivity contribution in [3.8, 4) is 0 Å². The van der Waals surface area contributed by atoms with Crippen molar-refractivity contribution in [2.24, 2.45) is 0 Å². The Morgan fingerprint density at radius 3 is 2.69 bits per heavy atom. The number of hydrogen-bond acceptors (Lipinski definition) is 5. The molecule has 0 unspecified atom stereocenters. The van der Waals surface area contributed by atoms with Crippen molar-refractivity contribution in [1.82, 2.24) is 30.2 Å². The molecule has 29 heavy (non-hydrogen) atoms. The van der Waals surface area contributed by atoms with Gasteiger partial charge in [-0.25, -0.2) is 0 Å². The number of aromatic nitrogens is 2. The average molecular weight is 419 g/mol. The molecule has 1 aromatic heterocycles. The number of nitrogens with zero attached hydrogens (tertiary/aromatic N) is 4. The van der Waals surface area contributed by atoms with Crippen molar-refractivity contribution in [3.63, 3.8) is 0 Å². The summed E-state index contributed by atoms with van der Waals surface area (Å²) in [7, 11) is 2.17. The maximum absolute atomic E-state index is 12.9. The molecular formula is C21H31ClN6O. The van der Waals surface area contributed by atoms with Crippen LogP contribution < -0.4 is 5.32 Å². The number of aromatic amines is 1. The summed E-state index contributed by atoms with van der Waals surface area (Å²) in [6.07, 6.45) is 0.917. The highest BCUT2D eigenvalue weighted by molar-refractivity contribution is 5.94. The summed E-state index contributed by atoms with van der Waals surface area (Å²) in [4.78, 5) is 19.7. The van der Waals surface area contributed by atoms with E-state index < -0.39 is 0 Å². The Balaban J connectivity index is 0.00000240. The molecular weight excluding hydrogens is 388 g/mol. The fourth-order valence-corrected chi connectivity index (χ4v) is 4.01. The molecule has 8 heteroatoms. The van der Waals surface area contributed by atoms with Gasteiger partial charge in [-0.05, 0) is 12.6 Å². The average Bonchev–Trinajstić information content (AvgIpc) is 3.17. The summed E-state index contributed by atoms with van der Waals surface area (Å²) in [6.45, 7) is 8.12. The zero-order chi connectivity index (χ0) is 19.3. The fraction of sp³-hybridized carbons (Fsp3) is 0.524. The van der Waals surface area contributed by atoms with E-state index in [0.29, 0.717) is 5.69 Å². The first kappa shape index (κ1) is 21.8. The number of halogens is 1. The number of hydrogen-bond donors (Lipinski definition) is 2. The number of fused-ring (bicyclic) bond motifs is 1. The Hall–Kier alpha value is -1.93. The summed E-state index contributed by atoms with van der Waals surface area (Å²) < 4.78 is 0. The highest BCUT2D eigenvalue weighted by Crippen LogP contribution is 2.18. The van der Waals surface area contributed by atoms with Gasteiger partial charge in [-0.15, -0.1) is 12.4 Å². The van der Waals surface area contributed by atoms with Gasteiger partial charge < -0.3 is 15.1 Å². The first-order valence-electron chi connectivity index (χ1n) is 10.2. The van der Waals surface area contributed by atoms with Gasteiger partial charge in [-0.2, -0.15) is 5.10 Å². The van der Waals surface area contributed by atoms with Crippen LogP contribution in [0.15, 0.2) is 30.3 Å². The molecule has 1 aromatic carbocycles. The molecule has 1 saturated heterocycles. The van der Waals surface area contributed by atoms with Gasteiger partial charge in [0.05, 0.1) is 0 Å². The smallest absolute Gasteiger partial charge is 0.274 e. The minimum atomic E-state index is 0. The summed E-state index contributed by atoms with van der Waals surface area (Å²) in [5.74, 6) is 0.0713. The molecule has 1 amide bonds. The van der Waals surface area contributed by atoms with E-state index >= 15 is 0 Å². The standard InChI is InChI=1S/C21H30N6O.ClH/c1-25(16-17-5-3-2-4-6-17)9-10-26-11-13-27(14-12-26)21(28)20-18-15-22-8-7-19(18)23-24-20;/h2-6,22H,7-16H2,1H3,(H,23,24);1H. The third-order valence-corrected chi connectivity index (χ3v) is 5.76. The Bertz CT molecular complexity index is 788. The molecule has 0 radical (unpaired) electrons. The van der Waals surface area contributed by atoms with Crippen molar-refractivity contribution in [1.29, 1.82) is 0 Å². The Labute approximate surface area is 178 Å². The summed E-state index contributed by atoms with van der Waals surface area (Å²) in [6, 6.07) is 10.6. The van der Waals surface area contributed by atoms with Crippen LogP contribution in [0.2, 0.25) is 0 Å². The van der Waals surface area contributed by atoms with Crippen LogP contribution >= 0.6 is 12.4 Å². The van der Waals surface area contributed by atoms with E-state index in [9.17, 15) is 4.79 Å². The minimum absolute atomic E-state index is 0. The molecule has 7 nitrogen and oxygen atoms in total. The van der Waals surface area contributed by atoms with E-state index in [4.69, 9.17) is 0 Å². The molecule has 4 rings (SSSR count). The zero-order valence-corrected chi connectivity index (χ0v) is 17.9. The second-order valence-corrected chi connectivity index (χ2v) is 7.81. The van der Waals surface area contributed by atoms with Crippen LogP contribution in [0, 0.1) is 0 Å². The van der Waals surface area contributed by atoms with Crippen molar-refractivity contribution in [3.05, 3.63) is 52.8 Å². The van der Waals surface area contributed by atoms with Crippen molar-refractivity contribution >= 4 is 18.3 Å². The molecule has 2 aliphatic rings. The highest BCUT2D eigenvalue weighted by Gasteiger charge is 2.27. The van der Waals surface area contributed by atoms with Crippen LogP contribution in [0.25, 0.3) is 0 Å². The van der Waals surface area contributed by atoms with E-state index in [-0.39, 0.29) is 18.3 Å². The number of H-pyrrole nitrogens is 1. The summed E-state index contributed by atoms with van der Waals surface area (Å²) >= 11 is 0. The monoisotopic (exact) mass is 418 g/mol. The second-order valence-electron chi connectivity index (χ2n) is 7.81. The summed E-state index contributed by atoms with van der Waals surface area (Å²) in [5.41, 5.74) is 4.12. The first-order chi connectivity index (χ1) is 13.7. The third-order valence-electron chi connectivity index (χ3n) is 5.76. The van der Waals surface area contributed by atoms with Crippen LogP contribution in [-0.2, 0) is 19.5 Å². The molecule has 0 saturated carbocycles. The second kappa shape index (κ2) is 10.2. The van der Waals surface area contributed by atoms with E-state index in [1.807, 2.05) is 4.90 Å². The number of carbonyl (C=O) groups is 1. The number of likely N-dealkylation sites (N-methyl/N-ethyl adjacent to an activating group) is 1. The normalized spacial score (nSPS) is 17.1. The van der Waals surface area contributed by atoms with Crippen molar-refractivity contribution in [2.75, 3.05) is 52.9 Å². The van der Waals surface area contributed by atoms with E-state index in [2.05, 4.69) is 62.7 Å². The van der Waals surface area contributed by atoms with Gasteiger partial charge in [0.15, 0.2) is 5.69 Å². The topological polar surface area (TPSA) is 67.5 Å². The van der Waals surface area contributed by atoms with Crippen molar-refractivity contribution in [2.45, 2.75) is 19.5 Å². The molecule has 3 heterocycles. The van der Waals surface area contributed by atoms with E-state index in [1.165, 1.54) is 5.56 Å². The minimum Gasteiger partial charge on any atom is -0.335 e. The zero-order valence-electron chi connectivity index (χ0n) is 17.1. The predicted octanol–water partition coefficient (Wildman–Crippen LogP) is 1.37. The van der Waals surface area contributed by atoms with Crippen LogP contribution in [0.4, 0.5) is 0 Å². The molecule has 0 atom stereocenters. The quantitative estimate of drug-likeness (QED) is 0.741. The molecule has 158 valence electrons. The summed E-state index contributed by atoms with van der Waals surface area (Å²) in [5, 5.41) is 10.7. The maximum atomic E-state index is 12.9. The Morgan fingerprint density at radius 1 is 1.17 bits per heavy atom. The molecule has 2 aromatic rings. The molecule has 0 aliphatic carbocycles. The Morgan fingerprint density at radius 2 is 1.93 bits per heavy atom. The van der Waals surface area contributed by atoms with Crippen LogP contribution in [0.1, 0.15) is 27.3 Å². The SMILES string of the molecule is CN(CCN1CCN(C(=O)c2n[nH]c3c2CNCC3)CC1)Cc1ccccc1.Cl. The van der Waals surface area contributed by atoms with Gasteiger partial charge >= 0.3 is 0 Å². The number of amides is 1. The largest absolute Gasteiger partial charge is 0.335 e. The van der Waals surface area contributed by atoms with Gasteiger partial charge in [0.2, 0.25) is 0 Å². The van der Waals surface area contributed by atoms with Crippen molar-refractivity contribution < 1.29 is 4.79 Å². The molecule has 0 bridgehead atoms. The van der Waals surface area contributed by atoms with Gasteiger partial charge in [0.1, 0.15) is 0 Å². The van der Waals surface area contributed by atoms with Gasteiger partial charge in [0, 0.05) is 76.6 Å². The lowest BCUT2D eigenvalue weighted by atomic mass is 10.1. The number of nitrogens with one attached hydrogen (secondary N) is 2. The lowest BCUT2D eigenvalue weighted by Crippen LogP contribution is -2.50. The van der Waals surface area contributed by atoms with Crippen LogP contribution in [0.3, 0.4) is 0 Å². The predicted molar refractivity (Wildman–Crippen MR) is 116 cm³/mol. The van der Waals surface area contributed by atoms with E-state index in [1.54, 1.807) is 0 Å². The molecule has 2 aliphatic heterocycles. The molecule has 2 N–H and O–H groups in total. The number of carbonyl (C=O) groups excluding carboxylic acids is 1. The first-order valence-corrected chi connectivity index (χ1v) is 10.2. The number of piperazine rings is 1. The fourth-order valence-electron chi connectivity index (χ4n) is 4.01. The molecule has 0 spiro atoms. The lowest BCUT2D eigenvalue weighted by Gasteiger charge is -2.35. The van der Waals surface area contributed by atoms with Crippen LogP contribution in [-0.4, -0.2) is 83.7 Å². The van der Waals surface area contributed by atoms with Gasteiger partial charge in [0.25, 0.3) is 5.91 Å². The molecule has 1 fully saturated rings. The maximum Gasteiger partial charge on any atom is 0.274 e.